The van der Waals surface area contributed by atoms with Gasteiger partial charge < -0.3 is 4.74 Å². The number of hydrogen-bond donors (Lipinski definition) is 0. The molecule has 0 unspecified atom stereocenters. The molecule has 0 bridgehead atoms. The molecule has 29 heavy (non-hydrogen) atoms. The summed E-state index contributed by atoms with van der Waals surface area (Å²) in [5, 5.41) is 0. The first-order valence-corrected chi connectivity index (χ1v) is 12.2. The van der Waals surface area contributed by atoms with E-state index >= 15 is 0 Å². The van der Waals surface area contributed by atoms with Gasteiger partial charge in [0.05, 0.1) is 13.2 Å². The highest BCUT2D eigenvalue weighted by Crippen LogP contribution is 2.42. The zero-order valence-electron chi connectivity index (χ0n) is 18.7. The van der Waals surface area contributed by atoms with E-state index in [1.54, 1.807) is 0 Å². The first kappa shape index (κ1) is 22.3. The van der Waals surface area contributed by atoms with Crippen LogP contribution in [0.15, 0.2) is 49.1 Å². The Bertz CT molecular complexity index is 598. The van der Waals surface area contributed by atoms with Crippen LogP contribution in [-0.2, 0) is 17.8 Å². The first-order chi connectivity index (χ1) is 14.3. The summed E-state index contributed by atoms with van der Waals surface area (Å²) >= 11 is 0. The van der Waals surface area contributed by atoms with Gasteiger partial charge in [-0.25, -0.2) is 0 Å². The molecule has 1 aromatic rings. The van der Waals surface area contributed by atoms with Crippen molar-refractivity contribution in [3.8, 4) is 0 Å². The van der Waals surface area contributed by atoms with Gasteiger partial charge in [0.1, 0.15) is 0 Å². The molecule has 2 saturated carbocycles. The zero-order chi connectivity index (χ0) is 20.3. The Morgan fingerprint density at radius 3 is 2.14 bits per heavy atom. The Balaban J connectivity index is 1.32. The average Bonchev–Trinajstić information content (AvgIpc) is 2.77. The van der Waals surface area contributed by atoms with Gasteiger partial charge >= 0.3 is 0 Å². The SMILES string of the molecule is C=CCCOCc1ccc(CCC2CCC(C3CCC(/C=C/C)CC3)CC2)cc1. The van der Waals surface area contributed by atoms with Crippen molar-refractivity contribution < 1.29 is 4.74 Å². The molecule has 0 radical (unpaired) electrons. The fourth-order valence-corrected chi connectivity index (χ4v) is 5.56. The van der Waals surface area contributed by atoms with Crippen molar-refractivity contribution in [3.63, 3.8) is 0 Å². The molecule has 0 aliphatic heterocycles. The van der Waals surface area contributed by atoms with Crippen LogP contribution in [0.4, 0.5) is 0 Å². The van der Waals surface area contributed by atoms with E-state index in [4.69, 9.17) is 4.74 Å². The summed E-state index contributed by atoms with van der Waals surface area (Å²) in [5.74, 6) is 3.88. The van der Waals surface area contributed by atoms with E-state index in [2.05, 4.69) is 49.9 Å². The van der Waals surface area contributed by atoms with Crippen molar-refractivity contribution in [1.29, 1.82) is 0 Å². The van der Waals surface area contributed by atoms with Crippen LogP contribution in [0.25, 0.3) is 0 Å². The van der Waals surface area contributed by atoms with Gasteiger partial charge in [0.2, 0.25) is 0 Å². The lowest BCUT2D eigenvalue weighted by Gasteiger charge is -2.37. The molecule has 0 spiro atoms. The zero-order valence-corrected chi connectivity index (χ0v) is 18.7. The molecule has 0 aromatic heterocycles. The van der Waals surface area contributed by atoms with Crippen LogP contribution in [0.3, 0.4) is 0 Å². The minimum Gasteiger partial charge on any atom is -0.376 e. The Morgan fingerprint density at radius 2 is 1.52 bits per heavy atom. The fourth-order valence-electron chi connectivity index (χ4n) is 5.56. The predicted octanol–water partition coefficient (Wildman–Crippen LogP) is 7.90. The summed E-state index contributed by atoms with van der Waals surface area (Å²) in [6, 6.07) is 9.09. The number of aryl methyl sites for hydroxylation is 1. The summed E-state index contributed by atoms with van der Waals surface area (Å²) in [4.78, 5) is 0. The lowest BCUT2D eigenvalue weighted by Crippen LogP contribution is -2.25. The molecule has 0 amide bonds. The third kappa shape index (κ3) is 7.45. The molecule has 2 aliphatic rings. The summed E-state index contributed by atoms with van der Waals surface area (Å²) < 4.78 is 5.66. The van der Waals surface area contributed by atoms with Crippen molar-refractivity contribution in [3.05, 3.63) is 60.2 Å². The van der Waals surface area contributed by atoms with Crippen molar-refractivity contribution in [2.45, 2.75) is 84.2 Å². The molecule has 1 nitrogen and oxygen atoms in total. The largest absolute Gasteiger partial charge is 0.376 e. The minimum atomic E-state index is 0.717. The fraction of sp³-hybridized carbons (Fsp3) is 0.643. The third-order valence-corrected chi connectivity index (χ3v) is 7.44. The second kappa shape index (κ2) is 12.4. The molecule has 1 aromatic carbocycles. The Labute approximate surface area is 179 Å². The second-order valence-corrected chi connectivity index (χ2v) is 9.47. The van der Waals surface area contributed by atoms with Crippen LogP contribution in [0, 0.1) is 23.7 Å². The number of ether oxygens (including phenoxy) is 1. The summed E-state index contributed by atoms with van der Waals surface area (Å²) in [5.41, 5.74) is 2.77. The van der Waals surface area contributed by atoms with Crippen LogP contribution in [0.2, 0.25) is 0 Å². The molecule has 0 N–H and O–H groups in total. The average molecular weight is 395 g/mol. The molecule has 0 saturated heterocycles. The number of rotatable bonds is 10. The molecular weight excluding hydrogens is 352 g/mol. The van der Waals surface area contributed by atoms with Crippen LogP contribution < -0.4 is 0 Å². The monoisotopic (exact) mass is 394 g/mol. The van der Waals surface area contributed by atoms with E-state index in [1.807, 2.05) is 6.08 Å². The third-order valence-electron chi connectivity index (χ3n) is 7.44. The highest BCUT2D eigenvalue weighted by Gasteiger charge is 2.30. The van der Waals surface area contributed by atoms with E-state index in [0.717, 1.165) is 43.3 Å². The van der Waals surface area contributed by atoms with Gasteiger partial charge in [-0.15, -0.1) is 6.58 Å². The van der Waals surface area contributed by atoms with Gasteiger partial charge in [0.25, 0.3) is 0 Å². The van der Waals surface area contributed by atoms with Crippen LogP contribution in [0.1, 0.15) is 82.3 Å². The van der Waals surface area contributed by atoms with Gasteiger partial charge in [-0.05, 0) is 99.5 Å². The minimum absolute atomic E-state index is 0.717. The lowest BCUT2D eigenvalue weighted by atomic mass is 9.68. The maximum Gasteiger partial charge on any atom is 0.0717 e. The van der Waals surface area contributed by atoms with Gasteiger partial charge in [-0.2, -0.15) is 0 Å². The van der Waals surface area contributed by atoms with Gasteiger partial charge in [0.15, 0.2) is 0 Å². The van der Waals surface area contributed by atoms with E-state index < -0.39 is 0 Å². The number of hydrogen-bond acceptors (Lipinski definition) is 1. The van der Waals surface area contributed by atoms with Crippen molar-refractivity contribution in [2.24, 2.45) is 23.7 Å². The molecular formula is C28H42O. The molecule has 0 atom stereocenters. The Hall–Kier alpha value is -1.34. The van der Waals surface area contributed by atoms with Crippen LogP contribution >= 0.6 is 0 Å². The molecule has 2 fully saturated rings. The van der Waals surface area contributed by atoms with Crippen molar-refractivity contribution in [1.82, 2.24) is 0 Å². The maximum absolute atomic E-state index is 5.66. The number of allylic oxidation sites excluding steroid dienone is 2. The van der Waals surface area contributed by atoms with E-state index in [0.29, 0.717) is 0 Å². The first-order valence-electron chi connectivity index (χ1n) is 12.2. The second-order valence-electron chi connectivity index (χ2n) is 9.47. The Morgan fingerprint density at radius 1 is 0.897 bits per heavy atom. The quantitative estimate of drug-likeness (QED) is 0.289. The molecule has 0 heterocycles. The predicted molar refractivity (Wildman–Crippen MR) is 125 cm³/mol. The van der Waals surface area contributed by atoms with E-state index in [9.17, 15) is 0 Å². The topological polar surface area (TPSA) is 9.23 Å². The van der Waals surface area contributed by atoms with Crippen LogP contribution in [-0.4, -0.2) is 6.61 Å². The highest BCUT2D eigenvalue weighted by atomic mass is 16.5. The van der Waals surface area contributed by atoms with Crippen molar-refractivity contribution >= 4 is 0 Å². The normalized spacial score (nSPS) is 27.9. The smallest absolute Gasteiger partial charge is 0.0717 e. The van der Waals surface area contributed by atoms with E-state index in [1.165, 1.54) is 75.3 Å². The maximum atomic E-state index is 5.66. The van der Waals surface area contributed by atoms with Crippen LogP contribution in [0.5, 0.6) is 0 Å². The van der Waals surface area contributed by atoms with E-state index in [-0.39, 0.29) is 0 Å². The van der Waals surface area contributed by atoms with Gasteiger partial charge in [0, 0.05) is 0 Å². The standard InChI is InChI=1S/C28H42O/c1-3-5-21-29-22-26-11-9-24(10-12-26)7-8-25-15-19-28(20-16-25)27-17-13-23(6-4-2)14-18-27/h3-4,6,9-12,23,25,27-28H,1,5,7-8,13-22H2,2H3/b6-4+. The summed E-state index contributed by atoms with van der Waals surface area (Å²) in [7, 11) is 0. The molecule has 160 valence electrons. The molecule has 1 heteroatoms. The lowest BCUT2D eigenvalue weighted by molar-refractivity contribution is 0.125. The van der Waals surface area contributed by atoms with Crippen molar-refractivity contribution in [2.75, 3.05) is 6.61 Å². The Kier molecular flexibility index (Phi) is 9.54. The van der Waals surface area contributed by atoms with Gasteiger partial charge in [-0.3, -0.25) is 0 Å². The number of benzene rings is 1. The summed E-state index contributed by atoms with van der Waals surface area (Å²) in [6.45, 7) is 7.38. The molecule has 3 rings (SSSR count). The molecule has 2 aliphatic carbocycles. The van der Waals surface area contributed by atoms with Gasteiger partial charge in [-0.1, -0.05) is 55.3 Å². The highest BCUT2D eigenvalue weighted by molar-refractivity contribution is 5.22. The summed E-state index contributed by atoms with van der Waals surface area (Å²) in [6.07, 6.45) is 21.9.